The van der Waals surface area contributed by atoms with Crippen LogP contribution in [0.5, 0.6) is 0 Å². The number of nitrogens with zero attached hydrogens (tertiary/aromatic N) is 2. The van der Waals surface area contributed by atoms with Crippen LogP contribution in [0.2, 0.25) is 0 Å². The molecule has 280 valence electrons. The molecule has 1 aromatic heterocycles. The second kappa shape index (κ2) is 17.5. The third-order valence-electron chi connectivity index (χ3n) is 10.9. The van der Waals surface area contributed by atoms with Crippen molar-refractivity contribution in [1.29, 1.82) is 0 Å². The lowest BCUT2D eigenvalue weighted by atomic mass is 9.32. The smallest absolute Gasteiger partial charge is 0.436 e. The summed E-state index contributed by atoms with van der Waals surface area (Å²) in [5.41, 5.74) is 13.5. The van der Waals surface area contributed by atoms with Gasteiger partial charge in [0.1, 0.15) is 12.4 Å². The van der Waals surface area contributed by atoms with Crippen LogP contribution in [0, 0.1) is 13.8 Å². The van der Waals surface area contributed by atoms with Crippen molar-refractivity contribution in [3.8, 4) is 0 Å². The number of aromatic nitrogens is 1. The summed E-state index contributed by atoms with van der Waals surface area (Å²) in [4.78, 5) is 3.22. The first-order valence-electron chi connectivity index (χ1n) is 19.9. The molecule has 58 heavy (non-hydrogen) atoms. The number of thiocarbonyl (C=S) groups is 1. The van der Waals surface area contributed by atoms with E-state index in [9.17, 15) is 0 Å². The van der Waals surface area contributed by atoms with Gasteiger partial charge in [-0.05, 0) is 65.9 Å². The number of anilines is 1. The highest BCUT2D eigenvalue weighted by molar-refractivity contribution is 7.82. The van der Waals surface area contributed by atoms with Crippen LogP contribution in [0.3, 0.4) is 0 Å². The minimum atomic E-state index is -2.11. The third-order valence-corrected chi connectivity index (χ3v) is 11.3. The van der Waals surface area contributed by atoms with Gasteiger partial charge in [0.05, 0.1) is 4.99 Å². The van der Waals surface area contributed by atoms with Crippen LogP contribution in [-0.2, 0) is 0 Å². The van der Waals surface area contributed by atoms with Gasteiger partial charge in [-0.25, -0.2) is 0 Å². The van der Waals surface area contributed by atoms with E-state index in [2.05, 4.69) is 242 Å². The first-order valence-corrected chi connectivity index (χ1v) is 20.3. The molecule has 1 aliphatic heterocycles. The fraction of sp³-hybridized carbons (Fsp3) is 0.0370. The summed E-state index contributed by atoms with van der Waals surface area (Å²) in [7, 11) is 0. The average Bonchev–Trinajstić information content (AvgIpc) is 3.40. The predicted molar refractivity (Wildman–Crippen MR) is 251 cm³/mol. The van der Waals surface area contributed by atoms with Crippen molar-refractivity contribution in [1.82, 2.24) is 0 Å². The van der Waals surface area contributed by atoms with Gasteiger partial charge in [-0.15, -0.1) is 5.46 Å². The second-order valence-corrected chi connectivity index (χ2v) is 15.1. The summed E-state index contributed by atoms with van der Waals surface area (Å²) >= 11 is 7.01. The van der Waals surface area contributed by atoms with E-state index in [1.54, 1.807) is 0 Å². The number of pyridine rings is 1. The van der Waals surface area contributed by atoms with Gasteiger partial charge in [-0.1, -0.05) is 235 Å². The molecule has 0 saturated carbocycles. The molecule has 8 aromatic rings. The van der Waals surface area contributed by atoms with Gasteiger partial charge in [0.2, 0.25) is 0 Å². The summed E-state index contributed by atoms with van der Waals surface area (Å²) in [5, 5.41) is 0. The number of benzene rings is 7. The zero-order chi connectivity index (χ0) is 39.7. The molecule has 4 heteroatoms. The maximum absolute atomic E-state index is 7.01. The monoisotopic (exact) mass is 764 g/mol. The molecule has 0 saturated heterocycles. The molecular formula is C54H45BN2S. The van der Waals surface area contributed by atoms with E-state index in [1.165, 1.54) is 16.6 Å². The fourth-order valence-corrected chi connectivity index (χ4v) is 8.86. The highest BCUT2D eigenvalue weighted by Gasteiger charge is 2.54. The third kappa shape index (κ3) is 7.50. The largest absolute Gasteiger partial charge is 0.438 e. The fourth-order valence-electron chi connectivity index (χ4n) is 8.38. The molecule has 1 atom stereocenters. The van der Waals surface area contributed by atoms with Crippen molar-refractivity contribution in [2.45, 2.75) is 13.8 Å². The predicted octanol–water partition coefficient (Wildman–Crippen LogP) is 12.1. The van der Waals surface area contributed by atoms with Crippen molar-refractivity contribution in [3.63, 3.8) is 0 Å². The van der Waals surface area contributed by atoms with Crippen LogP contribution < -0.4 is 14.8 Å². The standard InChI is InChI=1S/C47H37BN2S.C7H8/c1-36-30-32-42(33-31-36)50-47(51)45(39-24-12-4-13-25-39)43(37-20-8-2-9-21-37)44(38-22-10-3-11-23-38)46(40-26-14-5-15-27-40)48(50,41-28-16-6-17-29-41)49-34-18-7-19-35-49;1-7-5-3-2-4-6-7/h2-35H,1H3;2-6H,1H3/t48-;/m1./s1. The average molecular weight is 765 g/mol. The molecule has 1 aliphatic rings. The Morgan fingerprint density at radius 2 is 0.759 bits per heavy atom. The van der Waals surface area contributed by atoms with Crippen LogP contribution in [0.4, 0.5) is 5.69 Å². The molecule has 0 N–H and O–H groups in total. The summed E-state index contributed by atoms with van der Waals surface area (Å²) in [6, 6.07) is 79.6. The zero-order valence-corrected chi connectivity index (χ0v) is 33.7. The molecule has 0 spiro atoms. The van der Waals surface area contributed by atoms with E-state index < -0.39 is 6.42 Å². The molecule has 2 nitrogen and oxygen atoms in total. The normalized spacial score (nSPS) is 15.3. The number of aryl methyl sites for hydroxylation is 2. The first kappa shape index (κ1) is 38.0. The van der Waals surface area contributed by atoms with Crippen LogP contribution in [0.25, 0.3) is 22.2 Å². The summed E-state index contributed by atoms with van der Waals surface area (Å²) in [6.45, 7) is 4.22. The highest BCUT2D eigenvalue weighted by Crippen LogP contribution is 2.49. The SMILES string of the molecule is Cc1ccc(N2C(=S)C(c3ccccc3)=C(c3ccccc3)C(c3ccccc3)=C(c3ccccc3)[B@-]2(c2ccccc2)[n+]2ccccc2)cc1.Cc1ccccc1. The van der Waals surface area contributed by atoms with Gasteiger partial charge >= 0.3 is 6.42 Å². The minimum absolute atomic E-state index is 0.753. The molecule has 0 radical (unpaired) electrons. The maximum Gasteiger partial charge on any atom is 0.436 e. The first-order chi connectivity index (χ1) is 28.6. The van der Waals surface area contributed by atoms with E-state index >= 15 is 0 Å². The number of allylic oxidation sites excluding steroid dienone is 2. The van der Waals surface area contributed by atoms with Gasteiger partial charge in [0.15, 0.2) is 0 Å². The van der Waals surface area contributed by atoms with E-state index in [1.807, 2.05) is 18.2 Å². The summed E-state index contributed by atoms with van der Waals surface area (Å²) in [5.74, 6) is 0. The Balaban J connectivity index is 0.000000608. The van der Waals surface area contributed by atoms with Crippen molar-refractivity contribution >= 4 is 57.0 Å². The lowest BCUT2D eigenvalue weighted by Crippen LogP contribution is -2.82. The molecule has 0 aliphatic carbocycles. The Kier molecular flexibility index (Phi) is 11.5. The molecular weight excluding hydrogens is 719 g/mol. The Hall–Kier alpha value is -6.88. The molecule has 7 aromatic carbocycles. The van der Waals surface area contributed by atoms with Crippen LogP contribution in [0.15, 0.2) is 237 Å². The van der Waals surface area contributed by atoms with Crippen molar-refractivity contribution in [3.05, 3.63) is 270 Å². The number of rotatable bonds is 7. The van der Waals surface area contributed by atoms with Gasteiger partial charge in [0.25, 0.3) is 0 Å². The minimum Gasteiger partial charge on any atom is -0.438 e. The molecule has 0 unspecified atom stereocenters. The number of hydrogen-bond donors (Lipinski definition) is 0. The van der Waals surface area contributed by atoms with Gasteiger partial charge in [0, 0.05) is 11.3 Å². The Bertz CT molecular complexity index is 2610. The van der Waals surface area contributed by atoms with E-state index in [-0.39, 0.29) is 0 Å². The van der Waals surface area contributed by atoms with Crippen molar-refractivity contribution in [2.24, 2.45) is 0 Å². The Morgan fingerprint density at radius 3 is 1.22 bits per heavy atom. The number of hydrogen-bond acceptors (Lipinski definition) is 1. The van der Waals surface area contributed by atoms with Crippen LogP contribution >= 0.6 is 12.2 Å². The van der Waals surface area contributed by atoms with E-state index in [0.29, 0.717) is 0 Å². The van der Waals surface area contributed by atoms with Crippen molar-refractivity contribution in [2.75, 3.05) is 4.81 Å². The van der Waals surface area contributed by atoms with Gasteiger partial charge < -0.3 is 9.29 Å². The second-order valence-electron chi connectivity index (χ2n) is 14.7. The Morgan fingerprint density at radius 1 is 0.379 bits per heavy atom. The molecule has 2 heterocycles. The lowest BCUT2D eigenvalue weighted by molar-refractivity contribution is -0.542. The topological polar surface area (TPSA) is 7.12 Å². The van der Waals surface area contributed by atoms with Crippen LogP contribution in [0.1, 0.15) is 33.4 Å². The quantitative estimate of drug-likeness (QED) is 0.118. The summed E-state index contributed by atoms with van der Waals surface area (Å²) < 4.78 is 2.41. The Labute approximate surface area is 348 Å². The van der Waals surface area contributed by atoms with Crippen LogP contribution in [-0.4, -0.2) is 11.4 Å². The van der Waals surface area contributed by atoms with E-state index in [0.717, 1.165) is 55.1 Å². The summed E-state index contributed by atoms with van der Waals surface area (Å²) in [6.07, 6.45) is 2.31. The molecule has 9 rings (SSSR count). The van der Waals surface area contributed by atoms with Crippen molar-refractivity contribution < 1.29 is 4.48 Å². The maximum atomic E-state index is 7.01. The van der Waals surface area contributed by atoms with Gasteiger partial charge in [-0.3, -0.25) is 0 Å². The highest BCUT2D eigenvalue weighted by atomic mass is 32.1. The molecule has 0 amide bonds. The molecule has 0 fully saturated rings. The molecule has 0 bridgehead atoms. The van der Waals surface area contributed by atoms with E-state index in [4.69, 9.17) is 12.2 Å². The zero-order valence-electron chi connectivity index (χ0n) is 32.9. The van der Waals surface area contributed by atoms with Gasteiger partial charge in [-0.2, -0.15) is 0 Å². The lowest BCUT2D eigenvalue weighted by Gasteiger charge is -2.48.